The van der Waals surface area contributed by atoms with Crippen LogP contribution in [0.15, 0.2) is 72.8 Å². The van der Waals surface area contributed by atoms with E-state index in [4.69, 9.17) is 16.3 Å². The summed E-state index contributed by atoms with van der Waals surface area (Å²) in [7, 11) is 1.60. The summed E-state index contributed by atoms with van der Waals surface area (Å²) >= 11 is 6.09. The average molecular weight is 464 g/mol. The van der Waals surface area contributed by atoms with Crippen LogP contribution in [0.3, 0.4) is 0 Å². The molecule has 170 valence electrons. The average Bonchev–Trinajstić information content (AvgIpc) is 2.81. The molecule has 0 saturated carbocycles. The molecule has 1 heterocycles. The SMILES string of the molecule is COc1cccc(CC(=O)Nc2cccc(N3CCCN(Cc4cccc(Cl)c4)C3=O)c2)c1. The first-order valence-electron chi connectivity index (χ1n) is 10.9. The zero-order valence-corrected chi connectivity index (χ0v) is 19.2. The van der Waals surface area contributed by atoms with Crippen LogP contribution in [0.4, 0.5) is 16.2 Å². The standard InChI is InChI=1S/C26H26ClN3O3/c1-33-24-11-3-6-19(15-24)16-25(31)28-22-9-4-10-23(17-22)30-13-5-12-29(26(30)32)18-20-7-2-8-21(27)14-20/h2-4,6-11,14-15,17H,5,12-13,16,18H2,1H3,(H,28,31). The van der Waals surface area contributed by atoms with Crippen molar-refractivity contribution in [3.63, 3.8) is 0 Å². The summed E-state index contributed by atoms with van der Waals surface area (Å²) in [4.78, 5) is 29.3. The van der Waals surface area contributed by atoms with Crippen molar-refractivity contribution in [3.8, 4) is 5.75 Å². The molecule has 0 aliphatic carbocycles. The summed E-state index contributed by atoms with van der Waals surface area (Å²) in [5.74, 6) is 0.584. The van der Waals surface area contributed by atoms with Gasteiger partial charge in [0, 0.05) is 36.0 Å². The van der Waals surface area contributed by atoms with Gasteiger partial charge in [-0.05, 0) is 60.0 Å². The van der Waals surface area contributed by atoms with Crippen molar-refractivity contribution in [1.82, 2.24) is 4.90 Å². The molecule has 0 unspecified atom stereocenters. The van der Waals surface area contributed by atoms with Gasteiger partial charge >= 0.3 is 6.03 Å². The summed E-state index contributed by atoms with van der Waals surface area (Å²) in [5.41, 5.74) is 3.28. The van der Waals surface area contributed by atoms with Crippen LogP contribution in [0, 0.1) is 0 Å². The molecule has 1 aliphatic rings. The number of carbonyl (C=O) groups is 2. The minimum Gasteiger partial charge on any atom is -0.497 e. The van der Waals surface area contributed by atoms with Gasteiger partial charge < -0.3 is 15.0 Å². The number of hydrogen-bond acceptors (Lipinski definition) is 3. The van der Waals surface area contributed by atoms with E-state index >= 15 is 0 Å². The summed E-state index contributed by atoms with van der Waals surface area (Å²) in [5, 5.41) is 3.59. The second kappa shape index (κ2) is 10.4. The summed E-state index contributed by atoms with van der Waals surface area (Å²) in [6.07, 6.45) is 1.09. The minimum atomic E-state index is -0.132. The molecular weight excluding hydrogens is 438 g/mol. The topological polar surface area (TPSA) is 61.9 Å². The molecule has 3 aromatic rings. The van der Waals surface area contributed by atoms with Gasteiger partial charge in [-0.25, -0.2) is 4.79 Å². The zero-order valence-electron chi connectivity index (χ0n) is 18.5. The lowest BCUT2D eigenvalue weighted by molar-refractivity contribution is -0.115. The van der Waals surface area contributed by atoms with E-state index < -0.39 is 0 Å². The fraction of sp³-hybridized carbons (Fsp3) is 0.231. The quantitative estimate of drug-likeness (QED) is 0.513. The van der Waals surface area contributed by atoms with Crippen molar-refractivity contribution in [2.75, 3.05) is 30.4 Å². The molecule has 6 nitrogen and oxygen atoms in total. The molecule has 3 aromatic carbocycles. The predicted octanol–water partition coefficient (Wildman–Crippen LogP) is 5.36. The maximum absolute atomic E-state index is 13.2. The predicted molar refractivity (Wildman–Crippen MR) is 131 cm³/mol. The third-order valence-electron chi connectivity index (χ3n) is 5.51. The molecule has 33 heavy (non-hydrogen) atoms. The molecule has 4 rings (SSSR count). The van der Waals surface area contributed by atoms with Crippen LogP contribution in [0.5, 0.6) is 5.75 Å². The number of rotatable bonds is 7. The van der Waals surface area contributed by atoms with Gasteiger partial charge in [-0.1, -0.05) is 41.9 Å². The third-order valence-corrected chi connectivity index (χ3v) is 5.75. The molecule has 7 heteroatoms. The largest absolute Gasteiger partial charge is 0.497 e. The lowest BCUT2D eigenvalue weighted by Gasteiger charge is -2.36. The maximum Gasteiger partial charge on any atom is 0.324 e. The van der Waals surface area contributed by atoms with E-state index in [0.717, 1.165) is 23.2 Å². The Labute approximate surface area is 198 Å². The van der Waals surface area contributed by atoms with Crippen molar-refractivity contribution in [1.29, 1.82) is 0 Å². The number of halogens is 1. The van der Waals surface area contributed by atoms with Crippen LogP contribution in [-0.2, 0) is 17.8 Å². The molecule has 3 amide bonds. The molecular formula is C26H26ClN3O3. The van der Waals surface area contributed by atoms with Crippen molar-refractivity contribution in [2.45, 2.75) is 19.4 Å². The lowest BCUT2D eigenvalue weighted by Crippen LogP contribution is -2.49. The minimum absolute atomic E-state index is 0.0546. The number of urea groups is 1. The lowest BCUT2D eigenvalue weighted by atomic mass is 10.1. The van der Waals surface area contributed by atoms with Gasteiger partial charge in [0.1, 0.15) is 5.75 Å². The third kappa shape index (κ3) is 5.84. The highest BCUT2D eigenvalue weighted by atomic mass is 35.5. The Kier molecular flexibility index (Phi) is 7.15. The highest BCUT2D eigenvalue weighted by Crippen LogP contribution is 2.25. The van der Waals surface area contributed by atoms with E-state index in [2.05, 4.69) is 5.32 Å². The van der Waals surface area contributed by atoms with E-state index in [1.165, 1.54) is 0 Å². The van der Waals surface area contributed by atoms with Gasteiger partial charge in [0.05, 0.1) is 13.5 Å². The summed E-state index contributed by atoms with van der Waals surface area (Å²) in [6.45, 7) is 1.83. The molecule has 0 radical (unpaired) electrons. The zero-order chi connectivity index (χ0) is 23.2. The van der Waals surface area contributed by atoms with Gasteiger partial charge in [-0.15, -0.1) is 0 Å². The van der Waals surface area contributed by atoms with Crippen LogP contribution in [0.25, 0.3) is 0 Å². The van der Waals surface area contributed by atoms with E-state index in [-0.39, 0.29) is 18.4 Å². The second-order valence-corrected chi connectivity index (χ2v) is 8.40. The smallest absolute Gasteiger partial charge is 0.324 e. The fourth-order valence-electron chi connectivity index (χ4n) is 3.95. The number of methoxy groups -OCH3 is 1. The molecule has 1 saturated heterocycles. The summed E-state index contributed by atoms with van der Waals surface area (Å²) < 4.78 is 5.22. The van der Waals surface area contributed by atoms with Crippen LogP contribution >= 0.6 is 11.6 Å². The molecule has 0 atom stereocenters. The first kappa shape index (κ1) is 22.7. The maximum atomic E-state index is 13.2. The molecule has 1 N–H and O–H groups in total. The molecule has 0 bridgehead atoms. The highest BCUT2D eigenvalue weighted by molar-refractivity contribution is 6.30. The van der Waals surface area contributed by atoms with E-state index in [0.29, 0.717) is 36.1 Å². The first-order chi connectivity index (χ1) is 16.0. The van der Waals surface area contributed by atoms with E-state index in [1.54, 1.807) is 12.0 Å². The van der Waals surface area contributed by atoms with E-state index in [1.807, 2.05) is 77.7 Å². The molecule has 1 aliphatic heterocycles. The first-order valence-corrected chi connectivity index (χ1v) is 11.2. The Balaban J connectivity index is 1.42. The van der Waals surface area contributed by atoms with Crippen LogP contribution < -0.4 is 15.0 Å². The second-order valence-electron chi connectivity index (χ2n) is 7.97. The van der Waals surface area contributed by atoms with Gasteiger partial charge in [0.15, 0.2) is 0 Å². The Bertz CT molecular complexity index is 1150. The number of nitrogens with zero attached hydrogens (tertiary/aromatic N) is 2. The monoisotopic (exact) mass is 463 g/mol. The van der Waals surface area contributed by atoms with Crippen molar-refractivity contribution in [2.24, 2.45) is 0 Å². The summed E-state index contributed by atoms with van der Waals surface area (Å²) in [6, 6.07) is 22.3. The normalized spacial score (nSPS) is 13.7. The Morgan fingerprint density at radius 2 is 1.79 bits per heavy atom. The number of carbonyl (C=O) groups excluding carboxylic acids is 2. The molecule has 0 spiro atoms. The van der Waals surface area contributed by atoms with Crippen LogP contribution in [-0.4, -0.2) is 37.0 Å². The number of anilines is 2. The van der Waals surface area contributed by atoms with Gasteiger partial charge in [0.25, 0.3) is 0 Å². The van der Waals surface area contributed by atoms with Crippen molar-refractivity contribution < 1.29 is 14.3 Å². The van der Waals surface area contributed by atoms with Crippen molar-refractivity contribution >= 4 is 34.9 Å². The number of amides is 3. The molecule has 1 fully saturated rings. The van der Waals surface area contributed by atoms with Crippen LogP contribution in [0.2, 0.25) is 5.02 Å². The van der Waals surface area contributed by atoms with Crippen LogP contribution in [0.1, 0.15) is 17.5 Å². The fourth-order valence-corrected chi connectivity index (χ4v) is 4.16. The Hall–Kier alpha value is -3.51. The Morgan fingerprint density at radius 1 is 1.00 bits per heavy atom. The number of nitrogens with one attached hydrogen (secondary N) is 1. The number of benzene rings is 3. The van der Waals surface area contributed by atoms with Crippen molar-refractivity contribution in [3.05, 3.63) is 88.9 Å². The van der Waals surface area contributed by atoms with Gasteiger partial charge in [0.2, 0.25) is 5.91 Å². The number of ether oxygens (including phenoxy) is 1. The van der Waals surface area contributed by atoms with Gasteiger partial charge in [-0.2, -0.15) is 0 Å². The molecule has 0 aromatic heterocycles. The van der Waals surface area contributed by atoms with E-state index in [9.17, 15) is 9.59 Å². The van der Waals surface area contributed by atoms with Gasteiger partial charge in [-0.3, -0.25) is 9.69 Å². The number of hydrogen-bond donors (Lipinski definition) is 1. The Morgan fingerprint density at radius 3 is 2.61 bits per heavy atom. The highest BCUT2D eigenvalue weighted by Gasteiger charge is 2.27.